The molecule has 1 amide bonds. The fourth-order valence-corrected chi connectivity index (χ4v) is 2.67. The number of hydrogen-bond acceptors (Lipinski definition) is 3. The van der Waals surface area contributed by atoms with Crippen LogP contribution in [-0.2, 0) is 22.5 Å². The van der Waals surface area contributed by atoms with Gasteiger partial charge in [-0.15, -0.1) is 0 Å². The molecule has 1 aromatic heterocycles. The Morgan fingerprint density at radius 2 is 1.70 bits per heavy atom. The number of carbonyl (C=O) groups excluding carboxylic acids is 1. The van der Waals surface area contributed by atoms with Crippen LogP contribution in [0.4, 0.5) is 10.1 Å². The number of hydrogen-bond donors (Lipinski definition) is 0. The number of halogens is 1. The van der Waals surface area contributed by atoms with Crippen molar-refractivity contribution >= 4 is 11.6 Å². The Morgan fingerprint density at radius 1 is 0.963 bits per heavy atom. The number of ether oxygens (including phenoxy) is 1. The van der Waals surface area contributed by atoms with Crippen LogP contribution in [0.3, 0.4) is 0 Å². The van der Waals surface area contributed by atoms with Crippen molar-refractivity contribution in [1.29, 1.82) is 0 Å². The van der Waals surface area contributed by atoms with Crippen LogP contribution in [-0.4, -0.2) is 24.1 Å². The van der Waals surface area contributed by atoms with Crippen molar-refractivity contribution < 1.29 is 13.9 Å². The highest BCUT2D eigenvalue weighted by atomic mass is 19.1. The molecule has 0 aliphatic rings. The quantitative estimate of drug-likeness (QED) is 0.567. The maximum Gasteiger partial charge on any atom is 0.253 e. The van der Waals surface area contributed by atoms with E-state index in [2.05, 4.69) is 4.98 Å². The van der Waals surface area contributed by atoms with Crippen molar-refractivity contribution in [2.75, 3.05) is 18.1 Å². The first kappa shape index (κ1) is 18.7. The minimum absolute atomic E-state index is 0.0446. The number of carbonyl (C=O) groups is 1. The zero-order valence-electron chi connectivity index (χ0n) is 14.9. The van der Waals surface area contributed by atoms with Crippen LogP contribution in [0.5, 0.6) is 0 Å². The topological polar surface area (TPSA) is 42.4 Å². The van der Waals surface area contributed by atoms with Crippen LogP contribution in [0.25, 0.3) is 0 Å². The number of amides is 1. The molecule has 0 spiro atoms. The first-order valence-electron chi connectivity index (χ1n) is 8.80. The molecule has 0 fully saturated rings. The molecule has 1 heterocycles. The predicted octanol–water partition coefficient (Wildman–Crippen LogP) is 4.01. The summed E-state index contributed by atoms with van der Waals surface area (Å²) in [5, 5.41) is 0. The van der Waals surface area contributed by atoms with E-state index in [1.807, 2.05) is 48.5 Å². The number of pyridine rings is 1. The fourth-order valence-electron chi connectivity index (χ4n) is 2.67. The van der Waals surface area contributed by atoms with Crippen molar-refractivity contribution in [2.24, 2.45) is 0 Å². The van der Waals surface area contributed by atoms with Gasteiger partial charge in [0, 0.05) is 11.9 Å². The van der Waals surface area contributed by atoms with Gasteiger partial charge in [0.2, 0.25) is 0 Å². The van der Waals surface area contributed by atoms with Gasteiger partial charge in [-0.1, -0.05) is 36.4 Å². The lowest BCUT2D eigenvalue weighted by Gasteiger charge is -2.22. The summed E-state index contributed by atoms with van der Waals surface area (Å²) in [6, 6.07) is 21.3. The van der Waals surface area contributed by atoms with Crippen molar-refractivity contribution in [3.8, 4) is 0 Å². The van der Waals surface area contributed by atoms with Gasteiger partial charge in [-0.2, -0.15) is 0 Å². The first-order chi connectivity index (χ1) is 13.2. The fraction of sp³-hybridized carbons (Fsp3) is 0.182. The summed E-state index contributed by atoms with van der Waals surface area (Å²) in [6.45, 7) is 0.709. The van der Waals surface area contributed by atoms with Crippen LogP contribution >= 0.6 is 0 Å². The van der Waals surface area contributed by atoms with E-state index < -0.39 is 0 Å². The second kappa shape index (κ2) is 9.59. The van der Waals surface area contributed by atoms with Crippen LogP contribution in [0.1, 0.15) is 11.3 Å². The second-order valence-corrected chi connectivity index (χ2v) is 6.07. The molecule has 4 nitrogen and oxygen atoms in total. The zero-order valence-corrected chi connectivity index (χ0v) is 14.9. The van der Waals surface area contributed by atoms with Gasteiger partial charge in [0.05, 0.1) is 18.8 Å². The predicted molar refractivity (Wildman–Crippen MR) is 103 cm³/mol. The van der Waals surface area contributed by atoms with Gasteiger partial charge in [-0.25, -0.2) is 4.39 Å². The molecule has 0 aliphatic carbocycles. The van der Waals surface area contributed by atoms with E-state index >= 15 is 0 Å². The summed E-state index contributed by atoms with van der Waals surface area (Å²) in [4.78, 5) is 18.6. The van der Waals surface area contributed by atoms with Gasteiger partial charge in [0.25, 0.3) is 5.91 Å². The van der Waals surface area contributed by atoms with E-state index in [0.29, 0.717) is 18.8 Å². The van der Waals surface area contributed by atoms with Crippen molar-refractivity contribution in [2.45, 2.75) is 13.0 Å². The van der Waals surface area contributed by atoms with Gasteiger partial charge in [-0.05, 0) is 48.4 Å². The highest BCUT2D eigenvalue weighted by Gasteiger charge is 2.17. The number of benzene rings is 2. The average molecular weight is 364 g/mol. The number of rotatable bonds is 8. The lowest BCUT2D eigenvalue weighted by atomic mass is 10.2. The SMILES string of the molecule is O=C(COCCc1ccccc1)N(Cc1ccccn1)c1ccc(F)cc1. The van der Waals surface area contributed by atoms with E-state index in [9.17, 15) is 9.18 Å². The molecule has 0 aliphatic heterocycles. The zero-order chi connectivity index (χ0) is 18.9. The van der Waals surface area contributed by atoms with E-state index in [1.165, 1.54) is 12.1 Å². The standard InChI is InChI=1S/C22H21FN2O2/c23-19-9-11-21(12-10-19)25(16-20-8-4-5-14-24-20)22(26)17-27-15-13-18-6-2-1-3-7-18/h1-12,14H,13,15-17H2. The Kier molecular flexibility index (Phi) is 6.66. The monoisotopic (exact) mass is 364 g/mol. The number of anilines is 1. The molecule has 0 radical (unpaired) electrons. The molecule has 0 atom stereocenters. The second-order valence-electron chi connectivity index (χ2n) is 6.07. The van der Waals surface area contributed by atoms with Gasteiger partial charge >= 0.3 is 0 Å². The summed E-state index contributed by atoms with van der Waals surface area (Å²) >= 11 is 0. The summed E-state index contributed by atoms with van der Waals surface area (Å²) in [5.41, 5.74) is 2.52. The van der Waals surface area contributed by atoms with E-state index in [-0.39, 0.29) is 18.3 Å². The number of nitrogens with zero attached hydrogens (tertiary/aromatic N) is 2. The molecule has 0 N–H and O–H groups in total. The smallest absolute Gasteiger partial charge is 0.253 e. The Balaban J connectivity index is 1.62. The highest BCUT2D eigenvalue weighted by molar-refractivity contribution is 5.94. The molecule has 0 bridgehead atoms. The molecule has 0 saturated carbocycles. The number of aromatic nitrogens is 1. The third-order valence-electron chi connectivity index (χ3n) is 4.09. The molecule has 3 aromatic rings. The third-order valence-corrected chi connectivity index (χ3v) is 4.09. The average Bonchev–Trinajstić information content (AvgIpc) is 2.72. The van der Waals surface area contributed by atoms with E-state index in [1.54, 1.807) is 23.2 Å². The Morgan fingerprint density at radius 3 is 2.41 bits per heavy atom. The van der Waals surface area contributed by atoms with Crippen LogP contribution in [0.15, 0.2) is 79.0 Å². The van der Waals surface area contributed by atoms with Crippen LogP contribution in [0, 0.1) is 5.82 Å². The molecule has 5 heteroatoms. The first-order valence-corrected chi connectivity index (χ1v) is 8.80. The maximum atomic E-state index is 13.2. The summed E-state index contributed by atoms with van der Waals surface area (Å²) in [6.07, 6.45) is 2.42. The normalized spacial score (nSPS) is 10.6. The van der Waals surface area contributed by atoms with Crippen molar-refractivity contribution in [3.63, 3.8) is 0 Å². The molecule has 27 heavy (non-hydrogen) atoms. The van der Waals surface area contributed by atoms with Crippen molar-refractivity contribution in [3.05, 3.63) is 96.1 Å². The van der Waals surface area contributed by atoms with Gasteiger partial charge < -0.3 is 9.64 Å². The summed E-state index contributed by atoms with van der Waals surface area (Å²) < 4.78 is 18.8. The Hall–Kier alpha value is -3.05. The minimum atomic E-state index is -0.344. The van der Waals surface area contributed by atoms with Gasteiger partial charge in [0.15, 0.2) is 0 Å². The maximum absolute atomic E-state index is 13.2. The van der Waals surface area contributed by atoms with Gasteiger partial charge in [0.1, 0.15) is 12.4 Å². The van der Waals surface area contributed by atoms with Gasteiger partial charge in [-0.3, -0.25) is 9.78 Å². The molecule has 3 rings (SSSR count). The molecule has 138 valence electrons. The Labute approximate surface area is 158 Å². The van der Waals surface area contributed by atoms with Crippen LogP contribution < -0.4 is 4.90 Å². The lowest BCUT2D eigenvalue weighted by Crippen LogP contribution is -2.34. The lowest BCUT2D eigenvalue weighted by molar-refractivity contribution is -0.123. The summed E-state index contributed by atoms with van der Waals surface area (Å²) in [5.74, 6) is -0.539. The summed E-state index contributed by atoms with van der Waals surface area (Å²) in [7, 11) is 0. The minimum Gasteiger partial charge on any atom is -0.371 e. The van der Waals surface area contributed by atoms with Crippen molar-refractivity contribution in [1.82, 2.24) is 4.98 Å². The highest BCUT2D eigenvalue weighted by Crippen LogP contribution is 2.18. The third kappa shape index (κ3) is 5.72. The molecular formula is C22H21FN2O2. The van der Waals surface area contributed by atoms with E-state index in [0.717, 1.165) is 17.7 Å². The Bertz CT molecular complexity index is 839. The molecule has 2 aromatic carbocycles. The van der Waals surface area contributed by atoms with E-state index in [4.69, 9.17) is 4.74 Å². The molecule has 0 unspecified atom stereocenters. The largest absolute Gasteiger partial charge is 0.371 e. The molecular weight excluding hydrogens is 343 g/mol. The molecule has 0 saturated heterocycles. The van der Waals surface area contributed by atoms with Crippen LogP contribution in [0.2, 0.25) is 0 Å².